The molecule has 5 nitrogen and oxygen atoms in total. The van der Waals surface area contributed by atoms with E-state index in [9.17, 15) is 9.90 Å². The zero-order chi connectivity index (χ0) is 14.4. The Hall–Kier alpha value is -1.59. The number of phenols is 1. The molecule has 0 unspecified atom stereocenters. The quantitative estimate of drug-likeness (QED) is 0.790. The van der Waals surface area contributed by atoms with Gasteiger partial charge in [0.05, 0.1) is 13.2 Å². The van der Waals surface area contributed by atoms with Gasteiger partial charge in [0, 0.05) is 38.2 Å². The van der Waals surface area contributed by atoms with Crippen molar-refractivity contribution >= 4 is 5.91 Å². The van der Waals surface area contributed by atoms with Crippen LogP contribution in [0.25, 0.3) is 0 Å². The molecule has 0 atom stereocenters. The van der Waals surface area contributed by atoms with Crippen molar-refractivity contribution in [2.45, 2.75) is 19.9 Å². The number of phenolic OH excluding ortho intramolecular Hbond substituents is 1. The molecule has 2 rings (SSSR count). The summed E-state index contributed by atoms with van der Waals surface area (Å²) in [5.41, 5.74) is 1.73. The molecule has 110 valence electrons. The summed E-state index contributed by atoms with van der Waals surface area (Å²) in [7, 11) is 0. The number of nitrogens with one attached hydrogen (secondary N) is 1. The number of ether oxygens (including phenoxy) is 1. The Bertz CT molecular complexity index is 456. The number of hydrogen-bond donors (Lipinski definition) is 2. The lowest BCUT2D eigenvalue weighted by atomic mass is 10.1. The van der Waals surface area contributed by atoms with Gasteiger partial charge in [-0.05, 0) is 12.5 Å². The fourth-order valence-electron chi connectivity index (χ4n) is 2.25. The van der Waals surface area contributed by atoms with Crippen LogP contribution in [0.5, 0.6) is 5.75 Å². The zero-order valence-electron chi connectivity index (χ0n) is 11.9. The van der Waals surface area contributed by atoms with Crippen LogP contribution in [-0.4, -0.2) is 48.8 Å². The summed E-state index contributed by atoms with van der Waals surface area (Å²) in [6.45, 7) is 5.72. The second-order valence-corrected chi connectivity index (χ2v) is 5.00. The molecule has 0 aromatic heterocycles. The van der Waals surface area contributed by atoms with E-state index in [1.807, 2.05) is 30.0 Å². The number of aromatic hydroxyl groups is 1. The standard InChI is InChI=1S/C15H22N2O3/c1-12-3-2-4-13(15(12)19)11-16-6-5-14(18)17-7-9-20-10-8-17/h2-4,16,19H,5-11H2,1H3. The molecule has 0 radical (unpaired) electrons. The van der Waals surface area contributed by atoms with Gasteiger partial charge >= 0.3 is 0 Å². The van der Waals surface area contributed by atoms with Crippen molar-refractivity contribution in [2.24, 2.45) is 0 Å². The van der Waals surface area contributed by atoms with Crippen LogP contribution in [0, 0.1) is 6.92 Å². The summed E-state index contributed by atoms with van der Waals surface area (Å²) in [5.74, 6) is 0.494. The van der Waals surface area contributed by atoms with Gasteiger partial charge in [0.1, 0.15) is 5.75 Å². The molecular weight excluding hydrogens is 256 g/mol. The molecule has 0 spiro atoms. The molecule has 0 saturated carbocycles. The zero-order valence-corrected chi connectivity index (χ0v) is 11.9. The van der Waals surface area contributed by atoms with Gasteiger partial charge in [-0.15, -0.1) is 0 Å². The number of aryl methyl sites for hydroxylation is 1. The molecule has 1 fully saturated rings. The predicted octanol–water partition coefficient (Wildman–Crippen LogP) is 1.04. The molecule has 1 aromatic carbocycles. The second kappa shape index (κ2) is 7.26. The van der Waals surface area contributed by atoms with Crippen LogP contribution in [0.1, 0.15) is 17.5 Å². The number of hydrogen-bond acceptors (Lipinski definition) is 4. The van der Waals surface area contributed by atoms with Gasteiger partial charge in [-0.3, -0.25) is 4.79 Å². The molecule has 0 aliphatic carbocycles. The maximum Gasteiger partial charge on any atom is 0.224 e. The van der Waals surface area contributed by atoms with Crippen LogP contribution in [0.15, 0.2) is 18.2 Å². The van der Waals surface area contributed by atoms with Gasteiger partial charge in [-0.2, -0.15) is 0 Å². The highest BCUT2D eigenvalue weighted by atomic mass is 16.5. The Labute approximate surface area is 119 Å². The SMILES string of the molecule is Cc1cccc(CNCCC(=O)N2CCOCC2)c1O. The molecule has 1 amide bonds. The number of amides is 1. The van der Waals surface area contributed by atoms with Crippen molar-refractivity contribution < 1.29 is 14.6 Å². The number of carbonyl (C=O) groups excluding carboxylic acids is 1. The third kappa shape index (κ3) is 3.95. The van der Waals surface area contributed by atoms with Crippen LogP contribution in [0.4, 0.5) is 0 Å². The van der Waals surface area contributed by atoms with E-state index in [1.54, 1.807) is 0 Å². The molecule has 20 heavy (non-hydrogen) atoms. The lowest BCUT2D eigenvalue weighted by Crippen LogP contribution is -2.41. The van der Waals surface area contributed by atoms with Crippen LogP contribution >= 0.6 is 0 Å². The lowest BCUT2D eigenvalue weighted by molar-refractivity contribution is -0.135. The van der Waals surface area contributed by atoms with E-state index in [0.29, 0.717) is 51.6 Å². The highest BCUT2D eigenvalue weighted by molar-refractivity contribution is 5.76. The summed E-state index contributed by atoms with van der Waals surface area (Å²) in [4.78, 5) is 13.8. The van der Waals surface area contributed by atoms with E-state index in [0.717, 1.165) is 11.1 Å². The van der Waals surface area contributed by atoms with Crippen molar-refractivity contribution in [1.29, 1.82) is 0 Å². The Morgan fingerprint density at radius 2 is 2.15 bits per heavy atom. The number of morpholine rings is 1. The topological polar surface area (TPSA) is 61.8 Å². The van der Waals surface area contributed by atoms with Crippen molar-refractivity contribution in [2.75, 3.05) is 32.8 Å². The minimum atomic E-state index is 0.161. The molecule has 5 heteroatoms. The van der Waals surface area contributed by atoms with Gasteiger partial charge in [-0.25, -0.2) is 0 Å². The minimum Gasteiger partial charge on any atom is -0.507 e. The Morgan fingerprint density at radius 3 is 2.90 bits per heavy atom. The normalized spacial score (nSPS) is 15.3. The fourth-order valence-corrected chi connectivity index (χ4v) is 2.25. The van der Waals surface area contributed by atoms with Crippen molar-refractivity contribution in [3.05, 3.63) is 29.3 Å². The average Bonchev–Trinajstić information content (AvgIpc) is 2.48. The van der Waals surface area contributed by atoms with E-state index in [4.69, 9.17) is 4.74 Å². The first-order chi connectivity index (χ1) is 9.68. The van der Waals surface area contributed by atoms with Gasteiger partial charge in [0.25, 0.3) is 0 Å². The highest BCUT2D eigenvalue weighted by Gasteiger charge is 2.15. The molecule has 1 heterocycles. The van der Waals surface area contributed by atoms with Crippen molar-refractivity contribution in [1.82, 2.24) is 10.2 Å². The summed E-state index contributed by atoms with van der Waals surface area (Å²) in [6, 6.07) is 5.69. The maximum absolute atomic E-state index is 11.9. The van der Waals surface area contributed by atoms with E-state index in [-0.39, 0.29) is 5.91 Å². The molecule has 2 N–H and O–H groups in total. The largest absolute Gasteiger partial charge is 0.507 e. The molecule has 1 aromatic rings. The van der Waals surface area contributed by atoms with Crippen molar-refractivity contribution in [3.8, 4) is 5.75 Å². The third-order valence-electron chi connectivity index (χ3n) is 3.52. The first kappa shape index (κ1) is 14.8. The Balaban J connectivity index is 1.70. The number of benzene rings is 1. The van der Waals surface area contributed by atoms with E-state index in [2.05, 4.69) is 5.32 Å². The van der Waals surface area contributed by atoms with E-state index in [1.165, 1.54) is 0 Å². The van der Waals surface area contributed by atoms with Gasteiger partial charge in [0.15, 0.2) is 0 Å². The van der Waals surface area contributed by atoms with Gasteiger partial charge in [-0.1, -0.05) is 18.2 Å². The molecule has 1 saturated heterocycles. The molecule has 0 bridgehead atoms. The Morgan fingerprint density at radius 1 is 1.40 bits per heavy atom. The molecular formula is C15H22N2O3. The number of rotatable bonds is 5. The van der Waals surface area contributed by atoms with Crippen LogP contribution in [0.3, 0.4) is 0 Å². The maximum atomic E-state index is 11.9. The van der Waals surface area contributed by atoms with Gasteiger partial charge in [0.2, 0.25) is 5.91 Å². The summed E-state index contributed by atoms with van der Waals surface area (Å²) >= 11 is 0. The summed E-state index contributed by atoms with van der Waals surface area (Å²) in [6.07, 6.45) is 0.479. The average molecular weight is 278 g/mol. The fraction of sp³-hybridized carbons (Fsp3) is 0.533. The van der Waals surface area contributed by atoms with Crippen LogP contribution in [0.2, 0.25) is 0 Å². The predicted molar refractivity (Wildman–Crippen MR) is 76.6 cm³/mol. The smallest absolute Gasteiger partial charge is 0.224 e. The number of carbonyl (C=O) groups is 1. The highest BCUT2D eigenvalue weighted by Crippen LogP contribution is 2.20. The van der Waals surface area contributed by atoms with E-state index >= 15 is 0 Å². The second-order valence-electron chi connectivity index (χ2n) is 5.00. The first-order valence-corrected chi connectivity index (χ1v) is 7.02. The summed E-state index contributed by atoms with van der Waals surface area (Å²) in [5, 5.41) is 13.1. The number of nitrogens with zero attached hydrogens (tertiary/aromatic N) is 1. The van der Waals surface area contributed by atoms with E-state index < -0.39 is 0 Å². The molecule has 1 aliphatic rings. The third-order valence-corrected chi connectivity index (χ3v) is 3.52. The monoisotopic (exact) mass is 278 g/mol. The van der Waals surface area contributed by atoms with Gasteiger partial charge < -0.3 is 20.1 Å². The first-order valence-electron chi connectivity index (χ1n) is 7.02. The Kier molecular flexibility index (Phi) is 5.38. The van der Waals surface area contributed by atoms with Crippen LogP contribution in [-0.2, 0) is 16.1 Å². The van der Waals surface area contributed by atoms with Crippen molar-refractivity contribution in [3.63, 3.8) is 0 Å². The summed E-state index contributed by atoms with van der Waals surface area (Å²) < 4.78 is 5.22. The van der Waals surface area contributed by atoms with Crippen LogP contribution < -0.4 is 5.32 Å². The minimum absolute atomic E-state index is 0.161. The molecule has 1 aliphatic heterocycles. The lowest BCUT2D eigenvalue weighted by Gasteiger charge is -2.26. The number of para-hydroxylation sites is 1.